The fourth-order valence-corrected chi connectivity index (χ4v) is 3.83. The number of piperazine rings is 1. The molecule has 0 amide bonds. The summed E-state index contributed by atoms with van der Waals surface area (Å²) in [7, 11) is -3.34. The van der Waals surface area contributed by atoms with E-state index in [4.69, 9.17) is 0 Å². The molecule has 23 heavy (non-hydrogen) atoms. The lowest BCUT2D eigenvalue weighted by molar-refractivity contribution is -0.393. The highest BCUT2D eigenvalue weighted by atomic mass is 32.2. The van der Waals surface area contributed by atoms with Crippen molar-refractivity contribution in [2.45, 2.75) is 13.0 Å². The Bertz CT molecular complexity index is 750. The van der Waals surface area contributed by atoms with Crippen molar-refractivity contribution in [3.8, 4) is 0 Å². The zero-order chi connectivity index (χ0) is 17.4. The number of hydrogen-bond acceptors (Lipinski definition) is 7. The molecule has 126 valence electrons. The maximum atomic E-state index is 11.7. The quantitative estimate of drug-likeness (QED) is 0.588. The van der Waals surface area contributed by atoms with Gasteiger partial charge in [0.05, 0.1) is 22.2 Å². The maximum Gasteiger partial charge on any atom is 0.299 e. The first-order valence-corrected chi connectivity index (χ1v) is 8.60. The highest BCUT2D eigenvalue weighted by Gasteiger charge is 2.32. The molecule has 1 aromatic rings. The Morgan fingerprint density at radius 1 is 1.17 bits per heavy atom. The van der Waals surface area contributed by atoms with Gasteiger partial charge in [-0.05, 0) is 13.0 Å². The van der Waals surface area contributed by atoms with Crippen LogP contribution in [0.15, 0.2) is 18.2 Å². The summed E-state index contributed by atoms with van der Waals surface area (Å²) >= 11 is 0. The van der Waals surface area contributed by atoms with Crippen molar-refractivity contribution in [3.63, 3.8) is 0 Å². The summed E-state index contributed by atoms with van der Waals surface area (Å²) in [5.41, 5.74) is -0.469. The second kappa shape index (κ2) is 6.08. The van der Waals surface area contributed by atoms with Crippen LogP contribution in [0.4, 0.5) is 17.1 Å². The summed E-state index contributed by atoms with van der Waals surface area (Å²) in [4.78, 5) is 22.3. The first-order valence-electron chi connectivity index (χ1n) is 6.76. The van der Waals surface area contributed by atoms with Crippen LogP contribution >= 0.6 is 0 Å². The highest BCUT2D eigenvalue weighted by Crippen LogP contribution is 2.33. The molecule has 2 rings (SSSR count). The third kappa shape index (κ3) is 3.56. The van der Waals surface area contributed by atoms with Gasteiger partial charge in [-0.25, -0.2) is 8.42 Å². The lowest BCUT2D eigenvalue weighted by Gasteiger charge is -2.39. The van der Waals surface area contributed by atoms with E-state index in [9.17, 15) is 28.6 Å². The zero-order valence-corrected chi connectivity index (χ0v) is 13.4. The number of hydrogen-bond donors (Lipinski definition) is 0. The number of anilines is 1. The van der Waals surface area contributed by atoms with Crippen molar-refractivity contribution >= 4 is 27.1 Å². The van der Waals surface area contributed by atoms with Gasteiger partial charge >= 0.3 is 0 Å². The average molecular weight is 344 g/mol. The molecule has 1 heterocycles. The fourth-order valence-electron chi connectivity index (χ4n) is 2.69. The van der Waals surface area contributed by atoms with Gasteiger partial charge in [-0.2, -0.15) is 4.31 Å². The Morgan fingerprint density at radius 2 is 1.83 bits per heavy atom. The lowest BCUT2D eigenvalue weighted by Crippen LogP contribution is -2.53. The Labute approximate surface area is 132 Å². The van der Waals surface area contributed by atoms with Gasteiger partial charge in [0.1, 0.15) is 5.69 Å². The molecule has 0 aromatic heterocycles. The summed E-state index contributed by atoms with van der Waals surface area (Å²) in [6.45, 7) is 2.46. The molecule has 1 aliphatic rings. The molecule has 0 N–H and O–H groups in total. The van der Waals surface area contributed by atoms with E-state index >= 15 is 0 Å². The van der Waals surface area contributed by atoms with Crippen LogP contribution in [0.5, 0.6) is 0 Å². The van der Waals surface area contributed by atoms with Crippen molar-refractivity contribution in [1.29, 1.82) is 0 Å². The molecule has 1 fully saturated rings. The van der Waals surface area contributed by atoms with Crippen LogP contribution < -0.4 is 4.90 Å². The molecule has 1 unspecified atom stereocenters. The molecule has 1 aliphatic heterocycles. The summed E-state index contributed by atoms with van der Waals surface area (Å²) < 4.78 is 24.7. The van der Waals surface area contributed by atoms with Crippen molar-refractivity contribution in [1.82, 2.24) is 4.31 Å². The van der Waals surface area contributed by atoms with Gasteiger partial charge < -0.3 is 4.90 Å². The first kappa shape index (κ1) is 17.1. The minimum Gasteiger partial charge on any atom is -0.363 e. The van der Waals surface area contributed by atoms with Crippen molar-refractivity contribution in [2.75, 3.05) is 30.8 Å². The number of nitrogens with zero attached hydrogens (tertiary/aromatic N) is 4. The summed E-state index contributed by atoms with van der Waals surface area (Å²) in [5.74, 6) is 0. The summed E-state index contributed by atoms with van der Waals surface area (Å²) in [6.07, 6.45) is 1.12. The molecule has 0 spiro atoms. The fraction of sp³-hybridized carbons (Fsp3) is 0.500. The predicted octanol–water partition coefficient (Wildman–Crippen LogP) is 0.973. The number of sulfonamides is 1. The van der Waals surface area contributed by atoms with E-state index in [0.717, 1.165) is 12.3 Å². The molecule has 0 aliphatic carbocycles. The second-order valence-electron chi connectivity index (χ2n) is 5.36. The van der Waals surface area contributed by atoms with Crippen LogP contribution in [0, 0.1) is 20.2 Å². The van der Waals surface area contributed by atoms with E-state index in [1.807, 2.05) is 0 Å². The van der Waals surface area contributed by atoms with Gasteiger partial charge in [0.25, 0.3) is 11.4 Å². The monoisotopic (exact) mass is 344 g/mol. The number of non-ortho nitro benzene ring substituents is 1. The number of nitro groups is 2. The van der Waals surface area contributed by atoms with Gasteiger partial charge in [-0.3, -0.25) is 20.2 Å². The van der Waals surface area contributed by atoms with E-state index in [-0.39, 0.29) is 42.7 Å². The SMILES string of the molecule is CC1CN(c2ccc([N+](=O)[O-])cc2[N+](=O)[O-])CCN1S(C)(=O)=O. The van der Waals surface area contributed by atoms with Gasteiger partial charge in [0.2, 0.25) is 10.0 Å². The van der Waals surface area contributed by atoms with Crippen molar-refractivity contribution < 1.29 is 18.3 Å². The minimum atomic E-state index is -3.34. The van der Waals surface area contributed by atoms with E-state index in [2.05, 4.69) is 0 Å². The zero-order valence-electron chi connectivity index (χ0n) is 12.6. The molecule has 0 radical (unpaired) electrons. The van der Waals surface area contributed by atoms with Crippen molar-refractivity contribution in [2.24, 2.45) is 0 Å². The van der Waals surface area contributed by atoms with E-state index in [0.29, 0.717) is 0 Å². The molecule has 1 atom stereocenters. The molecule has 1 aromatic carbocycles. The third-order valence-electron chi connectivity index (χ3n) is 3.70. The molecule has 1 saturated heterocycles. The Hall–Kier alpha value is -2.27. The van der Waals surface area contributed by atoms with Gasteiger partial charge in [-0.1, -0.05) is 0 Å². The van der Waals surface area contributed by atoms with Crippen LogP contribution in [0.25, 0.3) is 0 Å². The molecular formula is C12H16N4O6S. The largest absolute Gasteiger partial charge is 0.363 e. The van der Waals surface area contributed by atoms with Gasteiger partial charge in [-0.15, -0.1) is 0 Å². The smallest absolute Gasteiger partial charge is 0.299 e. The molecule has 0 bridgehead atoms. The Kier molecular flexibility index (Phi) is 4.52. The van der Waals surface area contributed by atoms with Crippen molar-refractivity contribution in [3.05, 3.63) is 38.4 Å². The van der Waals surface area contributed by atoms with E-state index in [1.54, 1.807) is 11.8 Å². The number of nitro benzene ring substituents is 2. The van der Waals surface area contributed by atoms with Crippen LogP contribution in [0.3, 0.4) is 0 Å². The maximum absolute atomic E-state index is 11.7. The Balaban J connectivity index is 2.33. The second-order valence-corrected chi connectivity index (χ2v) is 7.29. The standard InChI is InChI=1S/C12H16N4O6S/c1-9-8-13(5-6-14(9)23(2,21)22)11-4-3-10(15(17)18)7-12(11)16(19)20/h3-4,7,9H,5-6,8H2,1-2H3. The van der Waals surface area contributed by atoms with Crippen LogP contribution in [-0.2, 0) is 10.0 Å². The number of benzene rings is 1. The van der Waals surface area contributed by atoms with Gasteiger partial charge in [0.15, 0.2) is 0 Å². The molecule has 11 heteroatoms. The molecule has 0 saturated carbocycles. The molecular weight excluding hydrogens is 328 g/mol. The topological polar surface area (TPSA) is 127 Å². The van der Waals surface area contributed by atoms with Crippen LogP contribution in [0.2, 0.25) is 0 Å². The van der Waals surface area contributed by atoms with E-state index < -0.39 is 19.9 Å². The van der Waals surface area contributed by atoms with Gasteiger partial charge in [0, 0.05) is 31.7 Å². The average Bonchev–Trinajstić information content (AvgIpc) is 2.44. The highest BCUT2D eigenvalue weighted by molar-refractivity contribution is 7.88. The van der Waals surface area contributed by atoms with Crippen LogP contribution in [-0.4, -0.2) is 54.5 Å². The number of rotatable bonds is 4. The van der Waals surface area contributed by atoms with Crippen LogP contribution in [0.1, 0.15) is 6.92 Å². The molecule has 10 nitrogen and oxygen atoms in total. The summed E-state index contributed by atoms with van der Waals surface area (Å²) in [6, 6.07) is 3.10. The lowest BCUT2D eigenvalue weighted by atomic mass is 10.1. The normalized spacial score (nSPS) is 19.6. The minimum absolute atomic E-state index is 0.203. The first-order chi connectivity index (χ1) is 10.6. The third-order valence-corrected chi connectivity index (χ3v) is 5.09. The van der Waals surface area contributed by atoms with E-state index in [1.165, 1.54) is 16.4 Å². The predicted molar refractivity (Wildman–Crippen MR) is 83.0 cm³/mol. The summed E-state index contributed by atoms with van der Waals surface area (Å²) in [5, 5.41) is 22.0. The Morgan fingerprint density at radius 3 is 2.30 bits per heavy atom.